The highest BCUT2D eigenvalue weighted by Gasteiger charge is 2.13. The molecule has 1 aromatic carbocycles. The van der Waals surface area contributed by atoms with Crippen molar-refractivity contribution in [3.63, 3.8) is 0 Å². The van der Waals surface area contributed by atoms with Crippen LogP contribution in [0.15, 0.2) is 18.2 Å². The summed E-state index contributed by atoms with van der Waals surface area (Å²) in [5.74, 6) is 0.0642. The summed E-state index contributed by atoms with van der Waals surface area (Å²) in [4.78, 5) is 0. The molecule has 0 aliphatic heterocycles. The zero-order valence-electron chi connectivity index (χ0n) is 9.05. The van der Waals surface area contributed by atoms with Crippen LogP contribution < -0.4 is 0 Å². The van der Waals surface area contributed by atoms with Crippen LogP contribution in [-0.4, -0.2) is 10.2 Å². The number of hydrogen-bond acceptors (Lipinski definition) is 1. The Morgan fingerprint density at radius 3 is 3.00 bits per heavy atom. The zero-order chi connectivity index (χ0) is 10.8. The highest BCUT2D eigenvalue weighted by atomic mass is 19.1. The van der Waals surface area contributed by atoms with Crippen molar-refractivity contribution in [2.24, 2.45) is 0 Å². The van der Waals surface area contributed by atoms with E-state index in [2.05, 4.69) is 24.0 Å². The monoisotopic (exact) mass is 206 g/mol. The molecule has 0 amide bonds. The van der Waals surface area contributed by atoms with Crippen molar-refractivity contribution in [2.45, 2.75) is 32.6 Å². The molecule has 0 aliphatic carbocycles. The molecule has 2 nitrogen and oxygen atoms in total. The standard InChI is InChI=1S/C12H15FN2/c1-3-5-8(2)9-6-4-7-10-11(9)12(13)15-14-10/h4,6-8H,3,5H2,1-2H3,(H,14,15). The number of aromatic nitrogens is 2. The summed E-state index contributed by atoms with van der Waals surface area (Å²) in [6.45, 7) is 4.27. The minimum atomic E-state index is -0.316. The fourth-order valence-corrected chi connectivity index (χ4v) is 2.05. The minimum absolute atomic E-state index is 0.316. The third-order valence-electron chi connectivity index (χ3n) is 2.82. The second-order valence-corrected chi connectivity index (χ2v) is 3.97. The van der Waals surface area contributed by atoms with Gasteiger partial charge < -0.3 is 0 Å². The summed E-state index contributed by atoms with van der Waals surface area (Å²) >= 11 is 0. The predicted octanol–water partition coefficient (Wildman–Crippen LogP) is 3.61. The number of nitrogens with one attached hydrogen (secondary N) is 1. The van der Waals surface area contributed by atoms with E-state index in [0.29, 0.717) is 16.8 Å². The quantitative estimate of drug-likeness (QED) is 0.816. The molecule has 80 valence electrons. The van der Waals surface area contributed by atoms with Crippen LogP contribution in [0.4, 0.5) is 4.39 Å². The summed E-state index contributed by atoms with van der Waals surface area (Å²) in [7, 11) is 0. The van der Waals surface area contributed by atoms with Crippen LogP contribution in [0.2, 0.25) is 0 Å². The smallest absolute Gasteiger partial charge is 0.217 e. The topological polar surface area (TPSA) is 28.7 Å². The van der Waals surface area contributed by atoms with Gasteiger partial charge in [0.25, 0.3) is 0 Å². The third kappa shape index (κ3) is 1.74. The molecule has 1 aromatic heterocycles. The van der Waals surface area contributed by atoms with Gasteiger partial charge >= 0.3 is 0 Å². The number of nitrogens with zero attached hydrogens (tertiary/aromatic N) is 1. The molecule has 2 aromatic rings. The Hall–Kier alpha value is -1.38. The molecule has 2 rings (SSSR count). The summed E-state index contributed by atoms with van der Waals surface area (Å²) in [5.41, 5.74) is 1.77. The number of aromatic amines is 1. The number of halogens is 1. The molecule has 0 saturated heterocycles. The lowest BCUT2D eigenvalue weighted by Gasteiger charge is -2.11. The van der Waals surface area contributed by atoms with Gasteiger partial charge in [0.1, 0.15) is 0 Å². The van der Waals surface area contributed by atoms with Crippen molar-refractivity contribution in [1.29, 1.82) is 0 Å². The molecule has 0 spiro atoms. The molecule has 3 heteroatoms. The number of H-pyrrole nitrogens is 1. The molecule has 0 fully saturated rings. The molecule has 1 heterocycles. The molecule has 1 atom stereocenters. The Labute approximate surface area is 88.5 Å². The Kier molecular flexibility index (Phi) is 2.71. The third-order valence-corrected chi connectivity index (χ3v) is 2.82. The minimum Gasteiger partial charge on any atom is -0.252 e. The molecule has 1 unspecified atom stereocenters. The Balaban J connectivity index is 2.54. The van der Waals surface area contributed by atoms with Crippen LogP contribution in [0.3, 0.4) is 0 Å². The molecule has 15 heavy (non-hydrogen) atoms. The van der Waals surface area contributed by atoms with E-state index in [-0.39, 0.29) is 5.95 Å². The van der Waals surface area contributed by atoms with Gasteiger partial charge in [0.05, 0.1) is 10.9 Å². The van der Waals surface area contributed by atoms with Gasteiger partial charge in [0, 0.05) is 0 Å². The lowest BCUT2D eigenvalue weighted by molar-refractivity contribution is 0.584. The van der Waals surface area contributed by atoms with Gasteiger partial charge in [-0.3, -0.25) is 5.10 Å². The van der Waals surface area contributed by atoms with Gasteiger partial charge in [-0.25, -0.2) is 0 Å². The second-order valence-electron chi connectivity index (χ2n) is 3.97. The van der Waals surface area contributed by atoms with E-state index in [1.165, 1.54) is 0 Å². The van der Waals surface area contributed by atoms with Crippen molar-refractivity contribution in [1.82, 2.24) is 10.2 Å². The lowest BCUT2D eigenvalue weighted by atomic mass is 9.94. The van der Waals surface area contributed by atoms with E-state index in [4.69, 9.17) is 0 Å². The Bertz CT molecular complexity index is 462. The van der Waals surface area contributed by atoms with E-state index in [1.807, 2.05) is 18.2 Å². The van der Waals surface area contributed by atoms with E-state index < -0.39 is 0 Å². The molecule has 1 N–H and O–H groups in total. The number of hydrogen-bond donors (Lipinski definition) is 1. The van der Waals surface area contributed by atoms with Gasteiger partial charge in [-0.2, -0.15) is 9.49 Å². The van der Waals surface area contributed by atoms with Gasteiger partial charge in [-0.05, 0) is 24.0 Å². The highest BCUT2D eigenvalue weighted by molar-refractivity contribution is 5.82. The maximum atomic E-state index is 13.5. The van der Waals surface area contributed by atoms with Crippen molar-refractivity contribution >= 4 is 10.9 Å². The Morgan fingerprint density at radius 1 is 1.47 bits per heavy atom. The molecule has 0 radical (unpaired) electrons. The summed E-state index contributed by atoms with van der Waals surface area (Å²) in [5, 5.41) is 6.97. The fraction of sp³-hybridized carbons (Fsp3) is 0.417. The van der Waals surface area contributed by atoms with Gasteiger partial charge in [-0.15, -0.1) is 0 Å². The van der Waals surface area contributed by atoms with Crippen molar-refractivity contribution in [2.75, 3.05) is 0 Å². The zero-order valence-corrected chi connectivity index (χ0v) is 9.05. The van der Waals surface area contributed by atoms with Crippen LogP contribution in [0.5, 0.6) is 0 Å². The van der Waals surface area contributed by atoms with Crippen LogP contribution in [0.1, 0.15) is 38.2 Å². The SMILES string of the molecule is CCCC(C)c1cccc2n[nH]c(F)c12. The van der Waals surface area contributed by atoms with E-state index in [0.717, 1.165) is 18.4 Å². The average molecular weight is 206 g/mol. The number of benzene rings is 1. The van der Waals surface area contributed by atoms with Crippen LogP contribution in [-0.2, 0) is 0 Å². The molecule has 0 saturated carbocycles. The van der Waals surface area contributed by atoms with Crippen molar-refractivity contribution in [3.05, 3.63) is 29.7 Å². The molecule has 0 aliphatic rings. The maximum Gasteiger partial charge on any atom is 0.217 e. The van der Waals surface area contributed by atoms with Crippen molar-refractivity contribution < 1.29 is 4.39 Å². The number of fused-ring (bicyclic) bond motifs is 1. The first kappa shape index (κ1) is 10.1. The summed E-state index contributed by atoms with van der Waals surface area (Å²) < 4.78 is 13.5. The normalized spacial score (nSPS) is 13.3. The highest BCUT2D eigenvalue weighted by Crippen LogP contribution is 2.28. The van der Waals surface area contributed by atoms with Crippen LogP contribution >= 0.6 is 0 Å². The molecule has 0 bridgehead atoms. The van der Waals surface area contributed by atoms with Crippen LogP contribution in [0, 0.1) is 5.95 Å². The Morgan fingerprint density at radius 2 is 2.27 bits per heavy atom. The fourth-order valence-electron chi connectivity index (χ4n) is 2.05. The maximum absolute atomic E-state index is 13.5. The second kappa shape index (κ2) is 4.01. The number of rotatable bonds is 3. The lowest BCUT2D eigenvalue weighted by Crippen LogP contribution is -1.94. The summed E-state index contributed by atoms with van der Waals surface area (Å²) in [6.07, 6.45) is 2.18. The molecular formula is C12H15FN2. The molecular weight excluding hydrogens is 191 g/mol. The van der Waals surface area contributed by atoms with Gasteiger partial charge in [-0.1, -0.05) is 32.4 Å². The predicted molar refractivity (Wildman–Crippen MR) is 59.4 cm³/mol. The van der Waals surface area contributed by atoms with E-state index in [9.17, 15) is 4.39 Å². The average Bonchev–Trinajstić information content (AvgIpc) is 2.61. The van der Waals surface area contributed by atoms with E-state index >= 15 is 0 Å². The van der Waals surface area contributed by atoms with Gasteiger partial charge in [0.15, 0.2) is 0 Å². The van der Waals surface area contributed by atoms with E-state index in [1.54, 1.807) is 0 Å². The van der Waals surface area contributed by atoms with Crippen LogP contribution in [0.25, 0.3) is 10.9 Å². The summed E-state index contributed by atoms with van der Waals surface area (Å²) in [6, 6.07) is 5.75. The first-order valence-corrected chi connectivity index (χ1v) is 5.36. The first-order chi connectivity index (χ1) is 7.24. The van der Waals surface area contributed by atoms with Crippen molar-refractivity contribution in [3.8, 4) is 0 Å². The van der Waals surface area contributed by atoms with Gasteiger partial charge in [0.2, 0.25) is 5.95 Å². The first-order valence-electron chi connectivity index (χ1n) is 5.36. The largest absolute Gasteiger partial charge is 0.252 e.